The maximum atomic E-state index is 12.3. The summed E-state index contributed by atoms with van der Waals surface area (Å²) in [5.41, 5.74) is 1.89. The van der Waals surface area contributed by atoms with Crippen molar-refractivity contribution in [1.29, 1.82) is 0 Å². The van der Waals surface area contributed by atoms with E-state index in [1.54, 1.807) is 28.4 Å². The van der Waals surface area contributed by atoms with E-state index in [0.29, 0.717) is 11.6 Å². The Hall–Kier alpha value is -1.99. The Kier molecular flexibility index (Phi) is 5.69. The predicted octanol–water partition coefficient (Wildman–Crippen LogP) is 0.872. The number of carbonyl (C=O) groups excluding carboxylic acids is 1. The molecule has 0 unspecified atom stereocenters. The Balaban J connectivity index is 1.24. The Morgan fingerprint density at radius 2 is 1.74 bits per heavy atom. The number of anilines is 1. The van der Waals surface area contributed by atoms with Gasteiger partial charge in [0.25, 0.3) is 5.91 Å². The summed E-state index contributed by atoms with van der Waals surface area (Å²) in [5, 5.41) is 4.82. The summed E-state index contributed by atoms with van der Waals surface area (Å²) in [5.74, 6) is 0.0574. The van der Waals surface area contributed by atoms with Crippen molar-refractivity contribution < 1.29 is 14.6 Å². The molecule has 1 saturated heterocycles. The van der Waals surface area contributed by atoms with Crippen molar-refractivity contribution in [1.82, 2.24) is 4.98 Å². The van der Waals surface area contributed by atoms with Gasteiger partial charge in [-0.3, -0.25) is 4.79 Å². The maximum absolute atomic E-state index is 12.3. The minimum atomic E-state index is 0.0574. The molecule has 0 aliphatic carbocycles. The molecule has 1 amide bonds. The zero-order valence-corrected chi connectivity index (χ0v) is 16.6. The van der Waals surface area contributed by atoms with Crippen molar-refractivity contribution in [3.05, 3.63) is 58.6 Å². The highest BCUT2D eigenvalue weighted by molar-refractivity contribution is 7.18. The topological polar surface area (TPSA) is 50.9 Å². The number of piperazine rings is 1. The number of fused-ring (bicyclic) bond motifs is 1. The molecule has 0 atom stereocenters. The Morgan fingerprint density at radius 3 is 2.48 bits per heavy atom. The van der Waals surface area contributed by atoms with Crippen LogP contribution in [-0.4, -0.2) is 43.6 Å². The van der Waals surface area contributed by atoms with E-state index in [4.69, 9.17) is 16.6 Å². The Bertz CT molecular complexity index is 886. The molecule has 1 fully saturated rings. The van der Waals surface area contributed by atoms with Crippen LogP contribution in [0.15, 0.2) is 48.5 Å². The molecule has 2 heterocycles. The first-order chi connectivity index (χ1) is 13.2. The molecule has 0 spiro atoms. The Labute approximate surface area is 167 Å². The third-order valence-electron chi connectivity index (χ3n) is 4.94. The van der Waals surface area contributed by atoms with Gasteiger partial charge in [0, 0.05) is 10.7 Å². The summed E-state index contributed by atoms with van der Waals surface area (Å²) >= 11 is 7.67. The monoisotopic (exact) mass is 402 g/mol. The molecule has 3 aromatic rings. The van der Waals surface area contributed by atoms with Gasteiger partial charge in [-0.25, -0.2) is 4.98 Å². The smallest absolute Gasteiger partial charge is 0.279 e. The number of nitrogens with zero attached hydrogens (tertiary/aromatic N) is 1. The van der Waals surface area contributed by atoms with Gasteiger partial charge in [0.15, 0.2) is 6.54 Å². The van der Waals surface area contributed by atoms with Gasteiger partial charge < -0.3 is 15.1 Å². The molecule has 1 aliphatic rings. The van der Waals surface area contributed by atoms with Crippen LogP contribution in [0.3, 0.4) is 0 Å². The molecule has 1 aliphatic heterocycles. The number of quaternary nitrogens is 2. The van der Waals surface area contributed by atoms with Crippen molar-refractivity contribution in [2.45, 2.75) is 6.54 Å². The fraction of sp³-hybridized carbons (Fsp3) is 0.300. The van der Waals surface area contributed by atoms with Gasteiger partial charge in [-0.05, 0) is 36.4 Å². The average Bonchev–Trinajstić information content (AvgIpc) is 3.07. The second-order valence-corrected chi connectivity index (χ2v) is 8.54. The summed E-state index contributed by atoms with van der Waals surface area (Å²) in [4.78, 5) is 19.9. The number of nitrogens with one attached hydrogen (secondary N) is 3. The van der Waals surface area contributed by atoms with Crippen LogP contribution < -0.4 is 15.1 Å². The second kappa shape index (κ2) is 8.35. The number of amides is 1. The predicted molar refractivity (Wildman–Crippen MR) is 110 cm³/mol. The Morgan fingerprint density at radius 1 is 1.04 bits per heavy atom. The van der Waals surface area contributed by atoms with E-state index in [2.05, 4.69) is 23.5 Å². The van der Waals surface area contributed by atoms with Crippen LogP contribution in [-0.2, 0) is 11.3 Å². The summed E-state index contributed by atoms with van der Waals surface area (Å²) < 4.78 is 1.26. The van der Waals surface area contributed by atoms with Gasteiger partial charge in [0.2, 0.25) is 0 Å². The van der Waals surface area contributed by atoms with Crippen LogP contribution in [0.4, 0.5) is 5.69 Å². The van der Waals surface area contributed by atoms with E-state index in [0.717, 1.165) is 43.9 Å². The van der Waals surface area contributed by atoms with Gasteiger partial charge in [-0.2, -0.15) is 0 Å². The van der Waals surface area contributed by atoms with Crippen LogP contribution in [0.2, 0.25) is 5.02 Å². The molecule has 0 bridgehead atoms. The fourth-order valence-corrected chi connectivity index (χ4v) is 4.65. The van der Waals surface area contributed by atoms with Gasteiger partial charge in [0.1, 0.15) is 37.7 Å². The molecule has 5 nitrogen and oxygen atoms in total. The number of rotatable bonds is 5. The molecule has 0 radical (unpaired) electrons. The quantitative estimate of drug-likeness (QED) is 0.593. The summed E-state index contributed by atoms with van der Waals surface area (Å²) in [6.07, 6.45) is 0. The van der Waals surface area contributed by atoms with Crippen molar-refractivity contribution in [3.63, 3.8) is 0 Å². The highest BCUT2D eigenvalue weighted by Gasteiger charge is 2.25. The van der Waals surface area contributed by atoms with Gasteiger partial charge in [-0.15, -0.1) is 11.3 Å². The molecule has 0 saturated carbocycles. The number of aromatic nitrogens is 1. The van der Waals surface area contributed by atoms with Crippen LogP contribution in [0.25, 0.3) is 10.2 Å². The lowest BCUT2D eigenvalue weighted by atomic mass is 10.3. The van der Waals surface area contributed by atoms with Crippen LogP contribution >= 0.6 is 22.9 Å². The molecule has 27 heavy (non-hydrogen) atoms. The first-order valence-corrected chi connectivity index (χ1v) is 10.4. The van der Waals surface area contributed by atoms with E-state index < -0.39 is 0 Å². The third kappa shape index (κ3) is 4.84. The first-order valence-electron chi connectivity index (χ1n) is 9.23. The number of para-hydroxylation sites is 1. The van der Waals surface area contributed by atoms with Crippen molar-refractivity contribution in [3.8, 4) is 0 Å². The molecule has 7 heteroatoms. The lowest BCUT2D eigenvalue weighted by Crippen LogP contribution is -3.28. The third-order valence-corrected chi connectivity index (χ3v) is 6.23. The number of benzene rings is 2. The number of thiazole rings is 1. The summed E-state index contributed by atoms with van der Waals surface area (Å²) in [7, 11) is 0. The van der Waals surface area contributed by atoms with Crippen LogP contribution in [0.1, 0.15) is 5.01 Å². The molecule has 140 valence electrons. The van der Waals surface area contributed by atoms with Crippen molar-refractivity contribution >= 4 is 44.7 Å². The molecule has 1 aromatic heterocycles. The number of carbonyl (C=O) groups is 1. The van der Waals surface area contributed by atoms with E-state index in [9.17, 15) is 4.79 Å². The zero-order valence-electron chi connectivity index (χ0n) is 15.0. The van der Waals surface area contributed by atoms with Crippen LogP contribution in [0.5, 0.6) is 0 Å². The summed E-state index contributed by atoms with van der Waals surface area (Å²) in [6.45, 7) is 5.64. The van der Waals surface area contributed by atoms with E-state index in [-0.39, 0.29) is 5.91 Å². The van der Waals surface area contributed by atoms with Crippen LogP contribution in [0, 0.1) is 0 Å². The van der Waals surface area contributed by atoms with Gasteiger partial charge in [0.05, 0.1) is 10.2 Å². The number of hydrogen-bond acceptors (Lipinski definition) is 3. The summed E-state index contributed by atoms with van der Waals surface area (Å²) in [6, 6.07) is 15.5. The number of hydrogen-bond donors (Lipinski definition) is 3. The SMILES string of the molecule is O=C(C[NH+]1CC[NH+](Cc2nc3ccccc3s2)CC1)Nc1ccc(Cl)cc1. The zero-order chi connectivity index (χ0) is 18.6. The molecule has 3 N–H and O–H groups in total. The van der Waals surface area contributed by atoms with Crippen molar-refractivity contribution in [2.75, 3.05) is 38.0 Å². The molecular formula is C20H23ClN4OS+2. The fourth-order valence-electron chi connectivity index (χ4n) is 3.49. The lowest BCUT2D eigenvalue weighted by Gasteiger charge is -2.28. The minimum Gasteiger partial charge on any atom is -0.321 e. The number of halogens is 1. The van der Waals surface area contributed by atoms with Gasteiger partial charge in [-0.1, -0.05) is 23.7 Å². The first kappa shape index (κ1) is 18.4. The highest BCUT2D eigenvalue weighted by atomic mass is 35.5. The van der Waals surface area contributed by atoms with E-state index >= 15 is 0 Å². The van der Waals surface area contributed by atoms with Gasteiger partial charge >= 0.3 is 0 Å². The van der Waals surface area contributed by atoms with E-state index in [1.165, 1.54) is 14.6 Å². The molecule has 4 rings (SSSR count). The normalized spacial score (nSPS) is 19.9. The van der Waals surface area contributed by atoms with Crippen molar-refractivity contribution in [2.24, 2.45) is 0 Å². The standard InChI is InChI=1S/C20H21ClN4OS/c21-15-5-7-16(8-6-15)22-19(26)13-24-9-11-25(12-10-24)14-20-23-17-3-1-2-4-18(17)27-20/h1-8H,9-14H2,(H,22,26)/p+2. The highest BCUT2D eigenvalue weighted by Crippen LogP contribution is 2.20. The average molecular weight is 403 g/mol. The van der Waals surface area contributed by atoms with E-state index in [1.807, 2.05) is 18.2 Å². The maximum Gasteiger partial charge on any atom is 0.279 e. The molecular weight excluding hydrogens is 380 g/mol. The second-order valence-electron chi connectivity index (χ2n) is 6.98. The minimum absolute atomic E-state index is 0.0574. The largest absolute Gasteiger partial charge is 0.321 e. The lowest BCUT2D eigenvalue weighted by molar-refractivity contribution is -1.01. The molecule has 2 aromatic carbocycles.